The number of carbonyl (C=O) groups is 4. The number of ether oxygens (including phenoxy) is 1. The Hall–Kier alpha value is -4.03. The molecule has 3 saturated heterocycles. The minimum Gasteiger partial charge on any atom is -0.444 e. The second-order valence-electron chi connectivity index (χ2n) is 16.4. The molecule has 2 aromatic carbocycles. The van der Waals surface area contributed by atoms with E-state index in [9.17, 15) is 28.7 Å². The summed E-state index contributed by atoms with van der Waals surface area (Å²) in [5, 5.41) is 16.5. The molecule has 11 nitrogen and oxygen atoms in total. The number of hydrogen-bond acceptors (Lipinski definition) is 7. The molecule has 0 unspecified atom stereocenters. The van der Waals surface area contributed by atoms with E-state index in [2.05, 4.69) is 10.6 Å². The van der Waals surface area contributed by atoms with Crippen LogP contribution in [0.2, 0.25) is 0 Å². The van der Waals surface area contributed by atoms with Gasteiger partial charge in [-0.25, -0.2) is 9.18 Å². The summed E-state index contributed by atoms with van der Waals surface area (Å²) in [6.07, 6.45) is -0.269. The van der Waals surface area contributed by atoms with E-state index in [1.54, 1.807) is 35.2 Å². The Labute approximate surface area is 294 Å². The van der Waals surface area contributed by atoms with Gasteiger partial charge >= 0.3 is 6.09 Å². The fourth-order valence-electron chi connectivity index (χ4n) is 7.21. The maximum Gasteiger partial charge on any atom is 0.410 e. The van der Waals surface area contributed by atoms with Gasteiger partial charge in [0.15, 0.2) is 0 Å². The number of nitrogens with zero attached hydrogens (tertiary/aromatic N) is 3. The second kappa shape index (κ2) is 14.3. The Kier molecular flexibility index (Phi) is 10.6. The van der Waals surface area contributed by atoms with Crippen molar-refractivity contribution in [1.29, 1.82) is 0 Å². The van der Waals surface area contributed by atoms with Crippen LogP contribution < -0.4 is 10.6 Å². The van der Waals surface area contributed by atoms with Crippen molar-refractivity contribution in [2.45, 2.75) is 91.1 Å². The zero-order valence-corrected chi connectivity index (χ0v) is 30.3. The van der Waals surface area contributed by atoms with Crippen molar-refractivity contribution in [2.24, 2.45) is 10.8 Å². The first kappa shape index (κ1) is 37.2. The average Bonchev–Trinajstić information content (AvgIpc) is 3.61. The number of aliphatic hydroxyl groups is 1. The molecular formula is C38H52FN5O6. The molecule has 0 aromatic heterocycles. The van der Waals surface area contributed by atoms with Crippen molar-refractivity contribution in [3.05, 3.63) is 59.9 Å². The highest BCUT2D eigenvalue weighted by molar-refractivity contribution is 5.93. The maximum absolute atomic E-state index is 14.3. The minimum atomic E-state index is -0.929. The molecule has 5 rings (SSSR count). The summed E-state index contributed by atoms with van der Waals surface area (Å²) >= 11 is 0. The van der Waals surface area contributed by atoms with E-state index < -0.39 is 47.1 Å². The standard InChI is InChI=1S/C38H52FN5O6/c1-24(25-12-14-26(15-13-25)28-10-8-9-11-29(28)39)40-33(47)30-18-27(45)19-44(30)34(48)32(36(2,3)4)41-31(46)20-42-17-16-38(21-42)22-43(23-38)35(49)50-37(5,6)7/h8-15,24,27,30,32,45H,16-23H2,1-7H3,(H,40,47)(H,41,46)/t24-,27+,30-,32+/m0/s1. The highest BCUT2D eigenvalue weighted by atomic mass is 19.1. The predicted molar refractivity (Wildman–Crippen MR) is 187 cm³/mol. The first-order chi connectivity index (χ1) is 23.3. The van der Waals surface area contributed by atoms with Gasteiger partial charge in [0.05, 0.1) is 18.7 Å². The lowest BCUT2D eigenvalue weighted by Crippen LogP contribution is -2.60. The smallest absolute Gasteiger partial charge is 0.410 e. The van der Waals surface area contributed by atoms with E-state index in [1.807, 2.05) is 65.5 Å². The van der Waals surface area contributed by atoms with E-state index in [0.717, 1.165) is 12.0 Å². The van der Waals surface area contributed by atoms with Crippen molar-refractivity contribution >= 4 is 23.8 Å². The summed E-state index contributed by atoms with van der Waals surface area (Å²) in [5.41, 5.74) is 0.700. The number of carbonyl (C=O) groups excluding carboxylic acids is 4. The van der Waals surface area contributed by atoms with Crippen LogP contribution in [0.5, 0.6) is 0 Å². The van der Waals surface area contributed by atoms with Gasteiger partial charge in [0, 0.05) is 43.6 Å². The van der Waals surface area contributed by atoms with Gasteiger partial charge in [-0.3, -0.25) is 19.3 Å². The number of rotatable bonds is 8. The Bertz CT molecular complexity index is 1580. The molecule has 4 atom stereocenters. The van der Waals surface area contributed by atoms with Crippen molar-refractivity contribution in [1.82, 2.24) is 25.3 Å². The molecule has 0 bridgehead atoms. The molecule has 12 heteroatoms. The van der Waals surface area contributed by atoms with Crippen LogP contribution in [0, 0.1) is 16.6 Å². The summed E-state index contributed by atoms with van der Waals surface area (Å²) in [4.78, 5) is 58.6. The summed E-state index contributed by atoms with van der Waals surface area (Å²) in [5.74, 6) is -1.44. The number of benzene rings is 2. The van der Waals surface area contributed by atoms with Crippen LogP contribution in [0.3, 0.4) is 0 Å². The van der Waals surface area contributed by atoms with Gasteiger partial charge < -0.3 is 30.3 Å². The lowest BCUT2D eigenvalue weighted by molar-refractivity contribution is -0.144. The molecule has 3 heterocycles. The number of nitrogens with one attached hydrogen (secondary N) is 2. The number of likely N-dealkylation sites (tertiary alicyclic amines) is 3. The number of aliphatic hydroxyl groups excluding tert-OH is 1. The van der Waals surface area contributed by atoms with Gasteiger partial charge in [0.2, 0.25) is 17.7 Å². The van der Waals surface area contributed by atoms with Gasteiger partial charge in [-0.1, -0.05) is 63.2 Å². The number of hydrogen-bond donors (Lipinski definition) is 3. The molecule has 3 aliphatic rings. The summed E-state index contributed by atoms with van der Waals surface area (Å²) < 4.78 is 19.8. The fourth-order valence-corrected chi connectivity index (χ4v) is 7.21. The number of halogens is 1. The SMILES string of the molecule is C[C@H](NC(=O)[C@@H]1C[C@@H](O)CN1C(=O)[C@@H](NC(=O)CN1CCC2(C1)CN(C(=O)OC(C)(C)C)C2)C(C)(C)C)c1ccc(-c2ccccc2F)cc1. The second-order valence-corrected chi connectivity index (χ2v) is 16.4. The average molecular weight is 694 g/mol. The summed E-state index contributed by atoms with van der Waals surface area (Å²) in [6.45, 7) is 15.5. The number of β-amino-alcohol motifs (C(OH)–C–C–N with tert-alkyl or cyclic N) is 1. The van der Waals surface area contributed by atoms with Crippen LogP contribution in [0.4, 0.5) is 9.18 Å². The van der Waals surface area contributed by atoms with Gasteiger partial charge in [0.1, 0.15) is 23.5 Å². The molecule has 2 aromatic rings. The third-order valence-corrected chi connectivity index (χ3v) is 9.83. The van der Waals surface area contributed by atoms with Crippen LogP contribution in [0.1, 0.15) is 72.9 Å². The zero-order valence-electron chi connectivity index (χ0n) is 30.3. The van der Waals surface area contributed by atoms with E-state index in [0.29, 0.717) is 37.3 Å². The van der Waals surface area contributed by atoms with Crippen molar-refractivity contribution in [3.63, 3.8) is 0 Å². The highest BCUT2D eigenvalue weighted by Gasteiger charge is 2.51. The van der Waals surface area contributed by atoms with Crippen molar-refractivity contribution in [2.75, 3.05) is 39.3 Å². The third kappa shape index (κ3) is 8.63. The summed E-state index contributed by atoms with van der Waals surface area (Å²) in [6, 6.07) is 11.5. The minimum absolute atomic E-state index is 0.0200. The van der Waals surface area contributed by atoms with E-state index in [-0.39, 0.29) is 42.7 Å². The molecule has 0 radical (unpaired) electrons. The van der Waals surface area contributed by atoms with E-state index in [1.165, 1.54) is 11.0 Å². The first-order valence-electron chi connectivity index (χ1n) is 17.5. The predicted octanol–water partition coefficient (Wildman–Crippen LogP) is 4.11. The van der Waals surface area contributed by atoms with Crippen LogP contribution in [0.25, 0.3) is 11.1 Å². The molecule has 3 aliphatic heterocycles. The molecule has 0 saturated carbocycles. The van der Waals surface area contributed by atoms with Gasteiger partial charge in [-0.2, -0.15) is 0 Å². The van der Waals surface area contributed by atoms with Gasteiger partial charge in [-0.05, 0) is 63.3 Å². The van der Waals surface area contributed by atoms with Gasteiger partial charge in [0.25, 0.3) is 0 Å². The van der Waals surface area contributed by atoms with Crippen LogP contribution in [0.15, 0.2) is 48.5 Å². The lowest BCUT2D eigenvalue weighted by atomic mass is 9.79. The maximum atomic E-state index is 14.3. The zero-order chi connectivity index (χ0) is 36.6. The van der Waals surface area contributed by atoms with Crippen molar-refractivity contribution < 1.29 is 33.4 Å². The van der Waals surface area contributed by atoms with Crippen molar-refractivity contribution in [3.8, 4) is 11.1 Å². The molecule has 3 fully saturated rings. The third-order valence-electron chi connectivity index (χ3n) is 9.83. The Morgan fingerprint density at radius 3 is 2.26 bits per heavy atom. The molecule has 3 N–H and O–H groups in total. The topological polar surface area (TPSA) is 132 Å². The quantitative estimate of drug-likeness (QED) is 0.380. The van der Waals surface area contributed by atoms with E-state index in [4.69, 9.17) is 4.74 Å². The summed E-state index contributed by atoms with van der Waals surface area (Å²) in [7, 11) is 0. The highest BCUT2D eigenvalue weighted by Crippen LogP contribution is 2.40. The molecule has 50 heavy (non-hydrogen) atoms. The van der Waals surface area contributed by atoms with Gasteiger partial charge in [-0.15, -0.1) is 0 Å². The Balaban J connectivity index is 1.17. The van der Waals surface area contributed by atoms with Crippen LogP contribution in [-0.2, 0) is 19.1 Å². The molecule has 4 amide bonds. The monoisotopic (exact) mass is 693 g/mol. The fraction of sp³-hybridized carbons (Fsp3) is 0.579. The normalized spacial score (nSPS) is 21.8. The van der Waals surface area contributed by atoms with Crippen LogP contribution in [-0.4, -0.2) is 107 Å². The Morgan fingerprint density at radius 2 is 1.64 bits per heavy atom. The first-order valence-corrected chi connectivity index (χ1v) is 17.5. The molecular weight excluding hydrogens is 641 g/mol. The lowest BCUT2D eigenvalue weighted by Gasteiger charge is -2.47. The molecule has 272 valence electrons. The van der Waals surface area contributed by atoms with E-state index >= 15 is 0 Å². The molecule has 0 aliphatic carbocycles. The molecule has 1 spiro atoms. The largest absolute Gasteiger partial charge is 0.444 e. The number of amides is 4. The van der Waals surface area contributed by atoms with Crippen LogP contribution >= 0.6 is 0 Å². The Morgan fingerprint density at radius 1 is 0.980 bits per heavy atom.